The van der Waals surface area contributed by atoms with E-state index in [2.05, 4.69) is 5.10 Å². The Morgan fingerprint density at radius 1 is 1.07 bits per heavy atom. The lowest BCUT2D eigenvalue weighted by atomic mass is 9.86. The van der Waals surface area contributed by atoms with E-state index in [0.29, 0.717) is 15.6 Å². The number of hydrogen-bond donors (Lipinski definition) is 1. The first-order chi connectivity index (χ1) is 20.8. The van der Waals surface area contributed by atoms with Crippen molar-refractivity contribution in [3.05, 3.63) is 76.6 Å². The van der Waals surface area contributed by atoms with Gasteiger partial charge in [-0.05, 0) is 62.4 Å². The highest BCUT2D eigenvalue weighted by Crippen LogP contribution is 2.39. The van der Waals surface area contributed by atoms with Gasteiger partial charge in [0.05, 0.1) is 44.0 Å². The number of aromatic nitrogens is 2. The molecular formula is C30H30F5N3O6. The van der Waals surface area contributed by atoms with Gasteiger partial charge in [-0.3, -0.25) is 19.1 Å². The van der Waals surface area contributed by atoms with Gasteiger partial charge < -0.3 is 19.5 Å². The van der Waals surface area contributed by atoms with Gasteiger partial charge in [0.2, 0.25) is 0 Å². The molecule has 1 saturated carbocycles. The second kappa shape index (κ2) is 13.4. The summed E-state index contributed by atoms with van der Waals surface area (Å²) in [4.78, 5) is 39.9. The number of halogens is 5. The van der Waals surface area contributed by atoms with Crippen LogP contribution >= 0.6 is 0 Å². The molecule has 0 unspecified atom stereocenters. The molecule has 0 saturated heterocycles. The number of amides is 1. The van der Waals surface area contributed by atoms with Gasteiger partial charge in [0.25, 0.3) is 5.91 Å². The average molecular weight is 624 g/mol. The number of alkyl halides is 3. The van der Waals surface area contributed by atoms with Gasteiger partial charge in [-0.15, -0.1) is 0 Å². The summed E-state index contributed by atoms with van der Waals surface area (Å²) < 4.78 is 82.4. The molecule has 2 aromatic carbocycles. The Bertz CT molecular complexity index is 1510. The number of rotatable bonds is 10. The smallest absolute Gasteiger partial charge is 0.433 e. The SMILES string of the molecule is CCOC(=O)C1CCC(n2ncc(C(=O)N(CC(=O)c3c(O)cccc3OC)Cc3cc(F)cc(F)c3)c2C(F)(F)F)CC1. The number of carbonyl (C=O) groups is 3. The number of ketones is 1. The lowest BCUT2D eigenvalue weighted by molar-refractivity contribution is -0.151. The molecule has 14 heteroatoms. The zero-order chi connectivity index (χ0) is 32.2. The minimum absolute atomic E-state index is 0.0542. The minimum Gasteiger partial charge on any atom is -0.507 e. The molecule has 44 heavy (non-hydrogen) atoms. The number of carbonyl (C=O) groups excluding carboxylic acids is 3. The normalized spacial score (nSPS) is 16.8. The van der Waals surface area contributed by atoms with Crippen LogP contribution in [0.15, 0.2) is 42.6 Å². The van der Waals surface area contributed by atoms with E-state index in [-0.39, 0.29) is 49.2 Å². The Labute approximate surface area is 249 Å². The van der Waals surface area contributed by atoms with Crippen LogP contribution in [0.2, 0.25) is 0 Å². The van der Waals surface area contributed by atoms with E-state index in [9.17, 15) is 41.4 Å². The summed E-state index contributed by atoms with van der Waals surface area (Å²) in [6.07, 6.45) is -3.45. The summed E-state index contributed by atoms with van der Waals surface area (Å²) in [5, 5.41) is 14.2. The highest BCUT2D eigenvalue weighted by Gasteiger charge is 2.43. The summed E-state index contributed by atoms with van der Waals surface area (Å²) in [6.45, 7) is 0.308. The van der Waals surface area contributed by atoms with Crippen molar-refractivity contribution in [2.45, 2.75) is 51.4 Å². The molecule has 0 aliphatic heterocycles. The molecule has 1 aromatic heterocycles. The summed E-state index contributed by atoms with van der Waals surface area (Å²) in [7, 11) is 1.23. The van der Waals surface area contributed by atoms with Crippen LogP contribution in [-0.2, 0) is 22.3 Å². The van der Waals surface area contributed by atoms with Crippen molar-refractivity contribution >= 4 is 17.7 Å². The summed E-state index contributed by atoms with van der Waals surface area (Å²) in [5.74, 6) is -5.61. The Balaban J connectivity index is 1.70. The van der Waals surface area contributed by atoms with Crippen LogP contribution in [0.5, 0.6) is 11.5 Å². The Morgan fingerprint density at radius 2 is 1.73 bits per heavy atom. The van der Waals surface area contributed by atoms with Gasteiger partial charge in [0.1, 0.15) is 28.7 Å². The summed E-state index contributed by atoms with van der Waals surface area (Å²) >= 11 is 0. The van der Waals surface area contributed by atoms with Gasteiger partial charge in [0.15, 0.2) is 11.5 Å². The van der Waals surface area contributed by atoms with Gasteiger partial charge in [-0.2, -0.15) is 18.3 Å². The number of ether oxygens (including phenoxy) is 2. The third-order valence-corrected chi connectivity index (χ3v) is 7.38. The molecule has 1 amide bonds. The molecule has 9 nitrogen and oxygen atoms in total. The molecule has 1 fully saturated rings. The van der Waals surface area contributed by atoms with E-state index in [0.717, 1.165) is 18.3 Å². The number of esters is 1. The zero-order valence-corrected chi connectivity index (χ0v) is 23.9. The number of benzene rings is 2. The molecule has 0 atom stereocenters. The van der Waals surface area contributed by atoms with Crippen molar-refractivity contribution in [3.63, 3.8) is 0 Å². The fourth-order valence-corrected chi connectivity index (χ4v) is 5.41. The number of hydrogen-bond acceptors (Lipinski definition) is 7. The number of Topliss-reactive ketones (excluding diaryl/α,β-unsaturated/α-hetero) is 1. The molecule has 0 radical (unpaired) electrons. The number of methoxy groups -OCH3 is 1. The highest BCUT2D eigenvalue weighted by molar-refractivity contribution is 6.05. The molecule has 3 aromatic rings. The van der Waals surface area contributed by atoms with E-state index >= 15 is 0 Å². The molecule has 1 aliphatic carbocycles. The Hall–Kier alpha value is -4.49. The van der Waals surface area contributed by atoms with E-state index < -0.39 is 77.5 Å². The van der Waals surface area contributed by atoms with E-state index in [1.54, 1.807) is 6.92 Å². The quantitative estimate of drug-likeness (QED) is 0.175. The molecule has 4 rings (SSSR count). The predicted octanol–water partition coefficient (Wildman–Crippen LogP) is 5.71. The van der Waals surface area contributed by atoms with Crippen LogP contribution in [0.4, 0.5) is 22.0 Å². The van der Waals surface area contributed by atoms with Crippen LogP contribution in [0, 0.1) is 17.6 Å². The first-order valence-electron chi connectivity index (χ1n) is 13.8. The summed E-state index contributed by atoms with van der Waals surface area (Å²) in [6, 6.07) is 5.51. The third-order valence-electron chi connectivity index (χ3n) is 7.38. The molecule has 236 valence electrons. The van der Waals surface area contributed by atoms with Gasteiger partial charge in [-0.25, -0.2) is 8.78 Å². The standard InChI is InChI=1S/C30H30F5N3O6/c1-3-44-29(42)18-7-9-21(10-8-18)38-27(30(33,34)35)22(14-36-38)28(41)37(15-17-11-19(31)13-20(32)12-17)16-24(40)26-23(39)5-4-6-25(26)43-2/h4-6,11-14,18,21,39H,3,7-10,15-16H2,1-2H3. The van der Waals surface area contributed by atoms with Crippen LogP contribution in [0.3, 0.4) is 0 Å². The monoisotopic (exact) mass is 623 g/mol. The fourth-order valence-electron chi connectivity index (χ4n) is 5.41. The predicted molar refractivity (Wildman–Crippen MR) is 145 cm³/mol. The van der Waals surface area contributed by atoms with Gasteiger partial charge in [-0.1, -0.05) is 6.07 Å². The fraction of sp³-hybridized carbons (Fsp3) is 0.400. The number of phenols is 1. The number of phenolic OH excluding ortho intramolecular Hbond substituents is 1. The van der Waals surface area contributed by atoms with Crippen molar-refractivity contribution < 1.29 is 50.9 Å². The Kier molecular flexibility index (Phi) is 9.90. The number of nitrogens with zero attached hydrogens (tertiary/aromatic N) is 3. The maximum atomic E-state index is 14.5. The maximum Gasteiger partial charge on any atom is 0.433 e. The van der Waals surface area contributed by atoms with Crippen molar-refractivity contribution in [2.24, 2.45) is 5.92 Å². The van der Waals surface area contributed by atoms with Crippen LogP contribution in [0.1, 0.15) is 70.6 Å². The maximum absolute atomic E-state index is 14.5. The van der Waals surface area contributed by atoms with Crippen LogP contribution in [0.25, 0.3) is 0 Å². The topological polar surface area (TPSA) is 111 Å². The van der Waals surface area contributed by atoms with Crippen LogP contribution in [-0.4, -0.2) is 57.7 Å². The molecule has 1 heterocycles. The second-order valence-corrected chi connectivity index (χ2v) is 10.3. The zero-order valence-electron chi connectivity index (χ0n) is 23.9. The first kappa shape index (κ1) is 32.4. The lowest BCUT2D eigenvalue weighted by Crippen LogP contribution is -2.37. The van der Waals surface area contributed by atoms with E-state index in [4.69, 9.17) is 9.47 Å². The van der Waals surface area contributed by atoms with E-state index in [1.807, 2.05) is 0 Å². The molecule has 1 N–H and O–H groups in total. The van der Waals surface area contributed by atoms with Crippen molar-refractivity contribution in [1.82, 2.24) is 14.7 Å². The molecular weight excluding hydrogens is 593 g/mol. The number of aromatic hydroxyl groups is 1. The highest BCUT2D eigenvalue weighted by atomic mass is 19.4. The Morgan fingerprint density at radius 3 is 2.32 bits per heavy atom. The van der Waals surface area contributed by atoms with Crippen molar-refractivity contribution in [1.29, 1.82) is 0 Å². The van der Waals surface area contributed by atoms with Crippen molar-refractivity contribution in [2.75, 3.05) is 20.3 Å². The van der Waals surface area contributed by atoms with E-state index in [1.165, 1.54) is 25.3 Å². The average Bonchev–Trinajstić information content (AvgIpc) is 3.42. The van der Waals surface area contributed by atoms with Crippen molar-refractivity contribution in [3.8, 4) is 11.5 Å². The second-order valence-electron chi connectivity index (χ2n) is 10.3. The van der Waals surface area contributed by atoms with Gasteiger partial charge >= 0.3 is 12.1 Å². The molecule has 0 bridgehead atoms. The first-order valence-corrected chi connectivity index (χ1v) is 13.8. The molecule has 1 aliphatic rings. The molecule has 0 spiro atoms. The minimum atomic E-state index is -5.05. The summed E-state index contributed by atoms with van der Waals surface area (Å²) in [5.41, 5.74) is -2.70. The third kappa shape index (κ3) is 7.17. The largest absolute Gasteiger partial charge is 0.507 e. The van der Waals surface area contributed by atoms with Crippen LogP contribution < -0.4 is 4.74 Å². The lowest BCUT2D eigenvalue weighted by Gasteiger charge is -2.29. The van der Waals surface area contributed by atoms with Gasteiger partial charge in [0, 0.05) is 12.6 Å².